The first kappa shape index (κ1) is 22.7. The Hall–Kier alpha value is -2.96. The molecule has 7 heteroatoms. The Morgan fingerprint density at radius 1 is 0.903 bits per heavy atom. The minimum Gasteiger partial charge on any atom is -0.481 e. The van der Waals surface area contributed by atoms with E-state index < -0.39 is 29.7 Å². The summed E-state index contributed by atoms with van der Waals surface area (Å²) >= 11 is 0. The maximum absolute atomic E-state index is 12.8. The van der Waals surface area contributed by atoms with E-state index in [1.807, 2.05) is 0 Å². The lowest BCUT2D eigenvalue weighted by Crippen LogP contribution is -2.33. The Labute approximate surface area is 182 Å². The highest BCUT2D eigenvalue weighted by Gasteiger charge is 2.46. The van der Waals surface area contributed by atoms with Gasteiger partial charge in [-0.05, 0) is 44.2 Å². The lowest BCUT2D eigenvalue weighted by atomic mass is 10.1. The fraction of sp³-hybridized carbons (Fsp3) is 0.500. The number of amides is 2. The van der Waals surface area contributed by atoms with Gasteiger partial charge in [0.05, 0.1) is 11.1 Å². The van der Waals surface area contributed by atoms with Crippen LogP contribution in [0.4, 0.5) is 0 Å². The lowest BCUT2D eigenvalue weighted by Gasteiger charge is -2.13. The molecule has 166 valence electrons. The summed E-state index contributed by atoms with van der Waals surface area (Å²) in [6.45, 7) is 2.14. The van der Waals surface area contributed by atoms with Crippen molar-refractivity contribution >= 4 is 23.8 Å². The molecule has 0 spiro atoms. The molecule has 7 nitrogen and oxygen atoms in total. The third-order valence-corrected chi connectivity index (χ3v) is 5.84. The summed E-state index contributed by atoms with van der Waals surface area (Å²) < 4.78 is 0. The zero-order valence-corrected chi connectivity index (χ0v) is 17.9. The molecule has 0 radical (unpaired) electrons. The van der Waals surface area contributed by atoms with Gasteiger partial charge in [0.2, 0.25) is 0 Å². The molecule has 0 aromatic heterocycles. The van der Waals surface area contributed by atoms with Gasteiger partial charge in [-0.2, -0.15) is 0 Å². The predicted octanol–water partition coefficient (Wildman–Crippen LogP) is 4.67. The van der Waals surface area contributed by atoms with Crippen LogP contribution in [-0.4, -0.2) is 33.9 Å². The molecule has 1 aliphatic carbocycles. The third-order valence-electron chi connectivity index (χ3n) is 5.84. The van der Waals surface area contributed by atoms with Crippen LogP contribution in [0.25, 0.3) is 0 Å². The molecule has 1 heterocycles. The third kappa shape index (κ3) is 5.40. The van der Waals surface area contributed by atoms with Gasteiger partial charge in [-0.15, -0.1) is 0 Å². The van der Waals surface area contributed by atoms with E-state index in [0.717, 1.165) is 56.1 Å². The second-order valence-corrected chi connectivity index (χ2v) is 8.11. The maximum atomic E-state index is 12.8. The monoisotopic (exact) mass is 427 g/mol. The summed E-state index contributed by atoms with van der Waals surface area (Å²) in [7, 11) is 0. The van der Waals surface area contributed by atoms with Crippen molar-refractivity contribution < 1.29 is 29.1 Å². The molecule has 1 N–H and O–H groups in total. The highest BCUT2D eigenvalue weighted by molar-refractivity contribution is 6.21. The number of hydrogen-bond donors (Lipinski definition) is 1. The summed E-state index contributed by atoms with van der Waals surface area (Å²) in [4.78, 5) is 53.6. The summed E-state index contributed by atoms with van der Waals surface area (Å²) in [5.41, 5.74) is 2.55. The van der Waals surface area contributed by atoms with Crippen LogP contribution in [0, 0.1) is 5.92 Å². The molecule has 0 fully saturated rings. The van der Waals surface area contributed by atoms with Gasteiger partial charge in [-0.1, -0.05) is 60.9 Å². The Morgan fingerprint density at radius 2 is 1.45 bits per heavy atom. The Balaban J connectivity index is 1.57. The quantitative estimate of drug-likeness (QED) is 0.279. The van der Waals surface area contributed by atoms with E-state index in [1.165, 1.54) is 0 Å². The first-order valence-electron chi connectivity index (χ1n) is 11.1. The summed E-state index contributed by atoms with van der Waals surface area (Å²) in [5, 5.41) is 9.32. The molecular formula is C24H29NO6. The molecule has 1 aliphatic heterocycles. The molecule has 1 aromatic carbocycles. The topological polar surface area (TPSA) is 101 Å². The van der Waals surface area contributed by atoms with Crippen LogP contribution in [-0.2, 0) is 14.4 Å². The van der Waals surface area contributed by atoms with E-state index in [4.69, 9.17) is 9.94 Å². The number of carboxylic acid groups (broad SMARTS) is 1. The maximum Gasteiger partial charge on any atom is 0.344 e. The Bertz CT molecular complexity index is 868. The average Bonchev–Trinajstić information content (AvgIpc) is 3.40. The van der Waals surface area contributed by atoms with Crippen molar-refractivity contribution in [2.75, 3.05) is 0 Å². The fourth-order valence-electron chi connectivity index (χ4n) is 4.12. The van der Waals surface area contributed by atoms with Crippen LogP contribution in [0.2, 0.25) is 0 Å². The van der Waals surface area contributed by atoms with Crippen molar-refractivity contribution in [3.8, 4) is 0 Å². The van der Waals surface area contributed by atoms with Crippen molar-refractivity contribution in [3.05, 3.63) is 46.5 Å². The highest BCUT2D eigenvalue weighted by Crippen LogP contribution is 2.47. The number of benzene rings is 1. The van der Waals surface area contributed by atoms with Crippen LogP contribution >= 0.6 is 0 Å². The molecule has 0 saturated carbocycles. The van der Waals surface area contributed by atoms with Crippen LogP contribution < -0.4 is 0 Å². The molecular weight excluding hydrogens is 398 g/mol. The Morgan fingerprint density at radius 3 is 1.97 bits per heavy atom. The molecule has 3 rings (SSSR count). The average molecular weight is 427 g/mol. The van der Waals surface area contributed by atoms with E-state index in [9.17, 15) is 19.2 Å². The van der Waals surface area contributed by atoms with E-state index >= 15 is 0 Å². The number of hydrogen-bond acceptors (Lipinski definition) is 5. The molecule has 1 aromatic rings. The van der Waals surface area contributed by atoms with Crippen LogP contribution in [0.5, 0.6) is 0 Å². The van der Waals surface area contributed by atoms with Crippen molar-refractivity contribution in [2.45, 2.75) is 71.1 Å². The molecule has 0 bridgehead atoms. The number of unbranched alkanes of at least 4 members (excludes halogenated alkanes) is 5. The Kier molecular flexibility index (Phi) is 7.60. The first-order valence-corrected chi connectivity index (χ1v) is 11.1. The minimum atomic E-state index is -0.801. The number of carboxylic acids is 1. The largest absolute Gasteiger partial charge is 0.481 e. The SMILES string of the molecule is CCCCCCC1=C(CCCCCC(=O)O)C1C(=O)ON1C(=O)c2ccccc2C1=O. The molecule has 1 unspecified atom stereocenters. The van der Waals surface area contributed by atoms with Crippen LogP contribution in [0.1, 0.15) is 91.8 Å². The fourth-order valence-corrected chi connectivity index (χ4v) is 4.12. The second kappa shape index (κ2) is 10.4. The number of rotatable bonds is 13. The van der Waals surface area contributed by atoms with Crippen molar-refractivity contribution in [1.82, 2.24) is 5.06 Å². The zero-order valence-electron chi connectivity index (χ0n) is 17.9. The van der Waals surface area contributed by atoms with Gasteiger partial charge in [0.1, 0.15) is 5.92 Å². The van der Waals surface area contributed by atoms with Crippen LogP contribution in [0.15, 0.2) is 35.4 Å². The highest BCUT2D eigenvalue weighted by atomic mass is 16.7. The van der Waals surface area contributed by atoms with Gasteiger partial charge in [-0.3, -0.25) is 14.4 Å². The number of aliphatic carboxylic acids is 1. The van der Waals surface area contributed by atoms with Gasteiger partial charge in [0, 0.05) is 6.42 Å². The first-order chi connectivity index (χ1) is 15.0. The summed E-state index contributed by atoms with van der Waals surface area (Å²) in [6, 6.07) is 6.41. The smallest absolute Gasteiger partial charge is 0.344 e. The molecule has 0 saturated heterocycles. The molecule has 31 heavy (non-hydrogen) atoms. The second-order valence-electron chi connectivity index (χ2n) is 8.11. The number of nitrogens with zero attached hydrogens (tertiary/aromatic N) is 1. The summed E-state index contributed by atoms with van der Waals surface area (Å²) in [6.07, 6.45) is 8.21. The number of hydroxylamine groups is 2. The number of carbonyl (C=O) groups excluding carboxylic acids is 3. The number of imide groups is 1. The van der Waals surface area contributed by atoms with Gasteiger partial charge >= 0.3 is 11.9 Å². The summed E-state index contributed by atoms with van der Waals surface area (Å²) in [5.74, 6) is -3.08. The predicted molar refractivity (Wildman–Crippen MR) is 113 cm³/mol. The van der Waals surface area contributed by atoms with Crippen molar-refractivity contribution in [2.24, 2.45) is 5.92 Å². The zero-order chi connectivity index (χ0) is 22.4. The van der Waals surface area contributed by atoms with Gasteiger partial charge < -0.3 is 9.94 Å². The van der Waals surface area contributed by atoms with E-state index in [0.29, 0.717) is 17.9 Å². The molecule has 1 atom stereocenters. The lowest BCUT2D eigenvalue weighted by molar-refractivity contribution is -0.169. The minimum absolute atomic E-state index is 0.147. The van der Waals surface area contributed by atoms with E-state index in [1.54, 1.807) is 24.3 Å². The normalized spacial score (nSPS) is 17.2. The van der Waals surface area contributed by atoms with Crippen molar-refractivity contribution in [1.29, 1.82) is 0 Å². The van der Waals surface area contributed by atoms with Gasteiger partial charge in [-0.25, -0.2) is 4.79 Å². The van der Waals surface area contributed by atoms with E-state index in [2.05, 4.69) is 6.92 Å². The standard InChI is InChI=1S/C24H29NO6/c1-2-3-4-6-11-16-17(12-7-5-8-15-20(26)27)21(16)24(30)31-25-22(28)18-13-9-10-14-19(18)23(25)29/h9-10,13-14,21H,2-8,11-12,15H2,1H3,(H,26,27). The van der Waals surface area contributed by atoms with Gasteiger partial charge in [0.25, 0.3) is 11.8 Å². The number of fused-ring (bicyclic) bond motifs is 1. The van der Waals surface area contributed by atoms with E-state index in [-0.39, 0.29) is 17.5 Å². The van der Waals surface area contributed by atoms with Gasteiger partial charge in [0.15, 0.2) is 0 Å². The molecule has 2 amide bonds. The number of carbonyl (C=O) groups is 4. The van der Waals surface area contributed by atoms with Crippen LogP contribution in [0.3, 0.4) is 0 Å². The van der Waals surface area contributed by atoms with Crippen molar-refractivity contribution in [3.63, 3.8) is 0 Å². The molecule has 2 aliphatic rings.